The Hall–Kier alpha value is -2.81. The van der Waals surface area contributed by atoms with E-state index in [0.29, 0.717) is 18.0 Å². The van der Waals surface area contributed by atoms with Crippen molar-refractivity contribution in [3.63, 3.8) is 0 Å². The molecule has 146 valence electrons. The van der Waals surface area contributed by atoms with Crippen molar-refractivity contribution in [2.45, 2.75) is 13.0 Å². The first-order valence-corrected chi connectivity index (χ1v) is 8.76. The van der Waals surface area contributed by atoms with Gasteiger partial charge in [-0.25, -0.2) is 9.67 Å². The molecule has 1 amide bonds. The number of rotatable bonds is 4. The van der Waals surface area contributed by atoms with Gasteiger partial charge in [0.1, 0.15) is 0 Å². The molecule has 0 spiro atoms. The predicted molar refractivity (Wildman–Crippen MR) is 107 cm³/mol. The molecule has 1 fully saturated rings. The Morgan fingerprint density at radius 2 is 2.07 bits per heavy atom. The average molecular weight is 401 g/mol. The molecule has 0 saturated carbocycles. The van der Waals surface area contributed by atoms with Gasteiger partial charge in [0.05, 0.1) is 36.4 Å². The van der Waals surface area contributed by atoms with Gasteiger partial charge in [-0.05, 0) is 24.6 Å². The van der Waals surface area contributed by atoms with E-state index in [4.69, 9.17) is 4.74 Å². The number of nitrogens with one attached hydrogen (secondary N) is 2. The topological polar surface area (TPSA) is 94.0 Å². The number of carbonyl (C=O) groups excluding carboxylic acids is 1. The Morgan fingerprint density at radius 3 is 2.79 bits per heavy atom. The first kappa shape index (κ1) is 19.9. The van der Waals surface area contributed by atoms with E-state index in [1.165, 1.54) is 10.9 Å². The highest BCUT2D eigenvalue weighted by Gasteiger charge is 2.16. The molecule has 1 saturated heterocycles. The largest absolute Gasteiger partial charge is 0.371 e. The fraction of sp³-hybridized carbons (Fsp3) is 0.263. The molecule has 0 unspecified atom stereocenters. The lowest BCUT2D eigenvalue weighted by molar-refractivity contribution is 0.0277. The monoisotopic (exact) mass is 400 g/mol. The zero-order valence-corrected chi connectivity index (χ0v) is 16.1. The van der Waals surface area contributed by atoms with Gasteiger partial charge in [0, 0.05) is 31.2 Å². The first-order chi connectivity index (χ1) is 13.2. The number of nitrogens with zero attached hydrogens (tertiary/aromatic N) is 4. The standard InChI is InChI=1S/C19H20N6O2.ClH/c1-13-8-21-11-18(23-13)25-12-15(9-22-25)19(26)24-16-4-2-14(3-5-16)17-10-20-6-7-27-17;/h2-5,8-9,11-12,17,20H,6-7,10H2,1H3,(H,24,26);1H/t17-;/m1./s1. The highest BCUT2D eigenvalue weighted by atomic mass is 35.5. The van der Waals surface area contributed by atoms with Gasteiger partial charge in [0.15, 0.2) is 5.82 Å². The number of morpholine rings is 1. The summed E-state index contributed by atoms with van der Waals surface area (Å²) < 4.78 is 7.27. The average Bonchev–Trinajstić information content (AvgIpc) is 3.20. The lowest BCUT2D eigenvalue weighted by Crippen LogP contribution is -2.33. The fourth-order valence-electron chi connectivity index (χ4n) is 2.89. The number of benzene rings is 1. The minimum absolute atomic E-state index is 0. The Balaban J connectivity index is 0.00000225. The number of anilines is 1. The molecule has 28 heavy (non-hydrogen) atoms. The van der Waals surface area contributed by atoms with Gasteiger partial charge in [-0.2, -0.15) is 5.10 Å². The molecule has 1 aromatic carbocycles. The second-order valence-electron chi connectivity index (χ2n) is 6.33. The van der Waals surface area contributed by atoms with Crippen LogP contribution < -0.4 is 10.6 Å². The Labute approximate surface area is 168 Å². The highest BCUT2D eigenvalue weighted by Crippen LogP contribution is 2.21. The molecule has 2 aromatic heterocycles. The van der Waals surface area contributed by atoms with E-state index < -0.39 is 0 Å². The second-order valence-corrected chi connectivity index (χ2v) is 6.33. The number of halogens is 1. The normalized spacial score (nSPS) is 16.2. The molecule has 3 heterocycles. The number of aryl methyl sites for hydroxylation is 1. The van der Waals surface area contributed by atoms with Crippen molar-refractivity contribution in [3.8, 4) is 5.82 Å². The first-order valence-electron chi connectivity index (χ1n) is 8.76. The van der Waals surface area contributed by atoms with Crippen LogP contribution in [0.5, 0.6) is 0 Å². The van der Waals surface area contributed by atoms with Crippen LogP contribution in [-0.2, 0) is 4.74 Å². The van der Waals surface area contributed by atoms with Gasteiger partial charge in [0.25, 0.3) is 5.91 Å². The second kappa shape index (κ2) is 8.92. The molecular weight excluding hydrogens is 380 g/mol. The third kappa shape index (κ3) is 4.53. The molecule has 0 aliphatic carbocycles. The van der Waals surface area contributed by atoms with Crippen molar-refractivity contribution in [1.82, 2.24) is 25.1 Å². The van der Waals surface area contributed by atoms with Crippen molar-refractivity contribution in [2.75, 3.05) is 25.0 Å². The van der Waals surface area contributed by atoms with Crippen molar-refractivity contribution in [2.24, 2.45) is 0 Å². The van der Waals surface area contributed by atoms with Crippen molar-refractivity contribution in [3.05, 3.63) is 65.9 Å². The third-order valence-corrected chi connectivity index (χ3v) is 4.29. The van der Waals surface area contributed by atoms with Gasteiger partial charge in [-0.1, -0.05) is 12.1 Å². The number of ether oxygens (including phenoxy) is 1. The molecule has 9 heteroatoms. The lowest BCUT2D eigenvalue weighted by Gasteiger charge is -2.24. The Kier molecular flexibility index (Phi) is 6.35. The predicted octanol–water partition coefficient (Wildman–Crippen LogP) is 2.31. The van der Waals surface area contributed by atoms with Crippen LogP contribution in [-0.4, -0.2) is 45.4 Å². The van der Waals surface area contributed by atoms with Gasteiger partial charge in [-0.3, -0.25) is 9.78 Å². The lowest BCUT2D eigenvalue weighted by atomic mass is 10.1. The van der Waals surface area contributed by atoms with Gasteiger partial charge < -0.3 is 15.4 Å². The minimum Gasteiger partial charge on any atom is -0.371 e. The molecular formula is C19H21ClN6O2. The smallest absolute Gasteiger partial charge is 0.258 e. The van der Waals surface area contributed by atoms with E-state index in [-0.39, 0.29) is 24.4 Å². The summed E-state index contributed by atoms with van der Waals surface area (Å²) >= 11 is 0. The molecule has 3 aromatic rings. The summed E-state index contributed by atoms with van der Waals surface area (Å²) in [5.74, 6) is 0.338. The van der Waals surface area contributed by atoms with E-state index in [0.717, 1.165) is 30.0 Å². The summed E-state index contributed by atoms with van der Waals surface area (Å²) in [5.41, 5.74) is 3.04. The van der Waals surface area contributed by atoms with Crippen molar-refractivity contribution >= 4 is 24.0 Å². The van der Waals surface area contributed by atoms with Gasteiger partial charge in [0.2, 0.25) is 0 Å². The summed E-state index contributed by atoms with van der Waals surface area (Å²) in [4.78, 5) is 20.9. The van der Waals surface area contributed by atoms with Crippen molar-refractivity contribution < 1.29 is 9.53 Å². The summed E-state index contributed by atoms with van der Waals surface area (Å²) in [5, 5.41) is 10.4. The summed E-state index contributed by atoms with van der Waals surface area (Å²) in [6.45, 7) is 4.24. The molecule has 1 aliphatic rings. The fourth-order valence-corrected chi connectivity index (χ4v) is 2.89. The molecule has 4 rings (SSSR count). The van der Waals surface area contributed by atoms with E-state index in [9.17, 15) is 4.79 Å². The number of aromatic nitrogens is 4. The maximum Gasteiger partial charge on any atom is 0.258 e. The summed E-state index contributed by atoms with van der Waals surface area (Å²) in [6.07, 6.45) is 6.46. The summed E-state index contributed by atoms with van der Waals surface area (Å²) in [7, 11) is 0. The SMILES string of the molecule is Cc1cncc(-n2cc(C(=O)Nc3ccc([C@H]4CNCCO4)cc3)cn2)n1.Cl. The molecule has 0 radical (unpaired) electrons. The van der Waals surface area contributed by atoms with Crippen molar-refractivity contribution in [1.29, 1.82) is 0 Å². The van der Waals surface area contributed by atoms with Crippen LogP contribution in [0.25, 0.3) is 5.82 Å². The van der Waals surface area contributed by atoms with Gasteiger partial charge >= 0.3 is 0 Å². The van der Waals surface area contributed by atoms with Crippen LogP contribution in [0.3, 0.4) is 0 Å². The summed E-state index contributed by atoms with van der Waals surface area (Å²) in [6, 6.07) is 7.70. The van der Waals surface area contributed by atoms with E-state index >= 15 is 0 Å². The molecule has 0 bridgehead atoms. The zero-order chi connectivity index (χ0) is 18.6. The number of carbonyl (C=O) groups is 1. The van der Waals surface area contributed by atoms with Crippen LogP contribution in [0, 0.1) is 6.92 Å². The van der Waals surface area contributed by atoms with E-state index in [1.54, 1.807) is 18.6 Å². The number of amides is 1. The Morgan fingerprint density at radius 1 is 1.25 bits per heavy atom. The van der Waals surface area contributed by atoms with Crippen LogP contribution in [0.1, 0.15) is 27.7 Å². The van der Waals surface area contributed by atoms with Gasteiger partial charge in [-0.15, -0.1) is 12.4 Å². The molecule has 1 atom stereocenters. The van der Waals surface area contributed by atoms with Crippen LogP contribution in [0.4, 0.5) is 5.69 Å². The maximum absolute atomic E-state index is 12.5. The Bertz CT molecular complexity index is 938. The minimum atomic E-state index is -0.231. The quantitative estimate of drug-likeness (QED) is 0.698. The van der Waals surface area contributed by atoms with E-state index in [2.05, 4.69) is 25.7 Å². The number of hydrogen-bond acceptors (Lipinski definition) is 6. The highest BCUT2D eigenvalue weighted by molar-refractivity contribution is 6.03. The van der Waals surface area contributed by atoms with Crippen LogP contribution in [0.15, 0.2) is 49.1 Å². The molecule has 2 N–H and O–H groups in total. The third-order valence-electron chi connectivity index (χ3n) is 4.29. The molecule has 1 aliphatic heterocycles. The maximum atomic E-state index is 12.5. The van der Waals surface area contributed by atoms with E-state index in [1.807, 2.05) is 31.2 Å². The zero-order valence-electron chi connectivity index (χ0n) is 15.3. The van der Waals surface area contributed by atoms with Crippen LogP contribution in [0.2, 0.25) is 0 Å². The van der Waals surface area contributed by atoms with Crippen LogP contribution >= 0.6 is 12.4 Å². The molecule has 8 nitrogen and oxygen atoms in total. The number of hydrogen-bond donors (Lipinski definition) is 2.